The van der Waals surface area contributed by atoms with Crippen LogP contribution < -0.4 is 5.32 Å². The van der Waals surface area contributed by atoms with E-state index >= 15 is 0 Å². The van der Waals surface area contributed by atoms with Crippen LogP contribution >= 0.6 is 11.8 Å². The zero-order chi connectivity index (χ0) is 42.4. The Morgan fingerprint density at radius 3 is 1.85 bits per heavy atom. The Labute approximate surface area is 338 Å². The van der Waals surface area contributed by atoms with Crippen molar-refractivity contribution < 1.29 is 33.0 Å². The number of rotatable bonds is 17. The van der Waals surface area contributed by atoms with Gasteiger partial charge in [-0.3, -0.25) is 9.59 Å². The van der Waals surface area contributed by atoms with E-state index in [9.17, 15) is 27.9 Å². The van der Waals surface area contributed by atoms with E-state index in [1.54, 1.807) is 24.8 Å². The lowest BCUT2D eigenvalue weighted by Gasteiger charge is -2.17. The van der Waals surface area contributed by atoms with E-state index in [-0.39, 0.29) is 18.1 Å². The van der Waals surface area contributed by atoms with Crippen LogP contribution in [0.5, 0.6) is 0 Å². The molecule has 3 rings (SSSR count). The van der Waals surface area contributed by atoms with Gasteiger partial charge in [-0.2, -0.15) is 11.8 Å². The topological polar surface area (TPSA) is 138 Å². The molecule has 0 saturated carbocycles. The van der Waals surface area contributed by atoms with Gasteiger partial charge in [0.2, 0.25) is 0 Å². The summed E-state index contributed by atoms with van der Waals surface area (Å²) in [6, 6.07) is 22.6. The highest BCUT2D eigenvalue weighted by atomic mass is 32.2. The minimum absolute atomic E-state index is 0.183. The van der Waals surface area contributed by atoms with E-state index in [0.717, 1.165) is 53.0 Å². The normalized spacial score (nSPS) is 11.9. The van der Waals surface area contributed by atoms with E-state index in [2.05, 4.69) is 63.3 Å². The second-order valence-electron chi connectivity index (χ2n) is 13.5. The zero-order valence-electron chi connectivity index (χ0n) is 35.5. The highest BCUT2D eigenvalue weighted by Crippen LogP contribution is 2.28. The molecule has 310 valence electrons. The molecule has 3 atom stereocenters. The predicted molar refractivity (Wildman–Crippen MR) is 235 cm³/mol. The van der Waals surface area contributed by atoms with E-state index in [1.165, 1.54) is 37.7 Å². The summed E-state index contributed by atoms with van der Waals surface area (Å²) >= 11 is 1.68. The number of thioether (sulfide) groups is 1. The number of carbonyl (C=O) groups is 3. The molecule has 0 aromatic heterocycles. The Morgan fingerprint density at radius 1 is 0.782 bits per heavy atom. The lowest BCUT2D eigenvalue weighted by atomic mass is 9.93. The number of sulfone groups is 1. The van der Waals surface area contributed by atoms with Gasteiger partial charge in [0.1, 0.15) is 15.9 Å². The summed E-state index contributed by atoms with van der Waals surface area (Å²) in [5.41, 5.74) is 5.51. The van der Waals surface area contributed by atoms with Crippen molar-refractivity contribution in [3.8, 4) is 11.1 Å². The predicted octanol–water partition coefficient (Wildman–Crippen LogP) is 10.8. The first-order chi connectivity index (χ1) is 26.0. The molecule has 55 heavy (non-hydrogen) atoms. The van der Waals surface area contributed by atoms with Gasteiger partial charge in [0.15, 0.2) is 0 Å². The maximum atomic E-state index is 12.9. The highest BCUT2D eigenvalue weighted by molar-refractivity contribution is 7.98. The van der Waals surface area contributed by atoms with Gasteiger partial charge in [0, 0.05) is 11.8 Å². The molecule has 8 nitrogen and oxygen atoms in total. The van der Waals surface area contributed by atoms with Crippen molar-refractivity contribution in [3.05, 3.63) is 95.1 Å². The van der Waals surface area contributed by atoms with E-state index in [1.807, 2.05) is 70.3 Å². The van der Waals surface area contributed by atoms with Gasteiger partial charge in [0.05, 0.1) is 11.7 Å². The van der Waals surface area contributed by atoms with Gasteiger partial charge >= 0.3 is 11.9 Å². The van der Waals surface area contributed by atoms with Crippen molar-refractivity contribution in [2.75, 3.05) is 24.0 Å². The van der Waals surface area contributed by atoms with E-state index < -0.39 is 33.7 Å². The number of hydrogen-bond acceptors (Lipinski definition) is 6. The summed E-state index contributed by atoms with van der Waals surface area (Å²) in [6.07, 6.45) is 10.9. The van der Waals surface area contributed by atoms with Gasteiger partial charge in [-0.25, -0.2) is 13.2 Å². The maximum Gasteiger partial charge on any atom is 0.326 e. The first kappa shape index (κ1) is 53.5. The second kappa shape index (κ2) is 31.6. The highest BCUT2D eigenvalue weighted by Gasteiger charge is 2.24. The lowest BCUT2D eigenvalue weighted by Crippen LogP contribution is -2.42. The van der Waals surface area contributed by atoms with Crippen LogP contribution in [0.4, 0.5) is 0 Å². The van der Waals surface area contributed by atoms with Crippen LogP contribution in [-0.2, 0) is 32.3 Å². The van der Waals surface area contributed by atoms with Crippen LogP contribution in [-0.4, -0.2) is 66.5 Å². The molecule has 0 aliphatic rings. The molecule has 10 heteroatoms. The molecule has 0 heterocycles. The first-order valence-electron chi connectivity index (χ1n) is 19.7. The largest absolute Gasteiger partial charge is 0.481 e. The molecule has 0 spiro atoms. The molecule has 0 aliphatic heterocycles. The lowest BCUT2D eigenvalue weighted by molar-refractivity contribution is -0.141. The number of unbranched alkanes of at least 4 members (excludes halogenated alkanes) is 1. The van der Waals surface area contributed by atoms with Gasteiger partial charge in [-0.1, -0.05) is 148 Å². The smallest absolute Gasteiger partial charge is 0.326 e. The fourth-order valence-electron chi connectivity index (χ4n) is 5.02. The number of carboxylic acids is 2. The third-order valence-electron chi connectivity index (χ3n) is 8.21. The van der Waals surface area contributed by atoms with Crippen molar-refractivity contribution in [2.24, 2.45) is 11.8 Å². The van der Waals surface area contributed by atoms with E-state index in [0.29, 0.717) is 5.56 Å². The van der Waals surface area contributed by atoms with Crippen molar-refractivity contribution in [3.63, 3.8) is 0 Å². The van der Waals surface area contributed by atoms with Gasteiger partial charge in [0.25, 0.3) is 5.91 Å². The number of aryl methyl sites for hydroxylation is 2. The Hall–Kier alpha value is -3.63. The molecule has 0 aliphatic carbocycles. The number of carbonyl (C=O) groups excluding carboxylic acids is 1. The second-order valence-corrected chi connectivity index (χ2v) is 16.7. The minimum atomic E-state index is -3.33. The van der Waals surface area contributed by atoms with Gasteiger partial charge in [-0.05, 0) is 84.4 Å². The van der Waals surface area contributed by atoms with Crippen LogP contribution in [0, 0.1) is 18.8 Å². The molecule has 0 bridgehead atoms. The molecular formula is C45H71NO7S2. The monoisotopic (exact) mass is 801 g/mol. The minimum Gasteiger partial charge on any atom is -0.481 e. The first-order valence-corrected chi connectivity index (χ1v) is 23.2. The molecule has 3 aromatic rings. The fraction of sp³-hybridized carbons (Fsp3) is 0.533. The van der Waals surface area contributed by atoms with Crippen molar-refractivity contribution in [2.45, 2.75) is 120 Å². The Kier molecular flexibility index (Phi) is 30.7. The molecule has 0 saturated heterocycles. The van der Waals surface area contributed by atoms with Gasteiger partial charge < -0.3 is 15.5 Å². The quantitative estimate of drug-likeness (QED) is 0.123. The Balaban J connectivity index is 0. The SMILES string of the molecule is CC.CCC.CCCCC(C)Cc1ccccc1.CCc1ccc(C(=O)NC(CCS(C)(=O)=O)C(=O)O)c(-c2ccccc2C)c1.CSCCC(C)C(=O)O. The van der Waals surface area contributed by atoms with Crippen LogP contribution in [0.3, 0.4) is 0 Å². The summed E-state index contributed by atoms with van der Waals surface area (Å²) in [5, 5.41) is 20.2. The molecular weight excluding hydrogens is 731 g/mol. The molecule has 1 amide bonds. The number of amides is 1. The third kappa shape index (κ3) is 25.2. The van der Waals surface area contributed by atoms with Crippen LogP contribution in [0.1, 0.15) is 121 Å². The average molecular weight is 802 g/mol. The van der Waals surface area contributed by atoms with E-state index in [4.69, 9.17) is 5.11 Å². The Morgan fingerprint density at radius 2 is 1.36 bits per heavy atom. The standard InChI is InChI=1S/C21H25NO5S.C13H20.C6H12O2S.C3H8.C2H6/c1-4-15-9-10-17(18(13-15)16-8-6-5-7-14(16)2)20(23)22-19(21(24)25)11-12-28(3,26)27;1-3-4-8-12(2)11-13-9-6-5-7-10-13;1-5(6(7)8)3-4-9-2;1-3-2;1-2/h5-10,13,19H,4,11-12H2,1-3H3,(H,22,23)(H,24,25);5-7,9-10,12H,3-4,8,11H2,1-2H3;5H,3-4H2,1-2H3,(H,7,8);3H2,1-2H3;1-2H3. The number of aliphatic carboxylic acids is 2. The average Bonchev–Trinajstić information content (AvgIpc) is 3.16. The van der Waals surface area contributed by atoms with Crippen LogP contribution in [0.25, 0.3) is 11.1 Å². The molecule has 0 radical (unpaired) electrons. The van der Waals surface area contributed by atoms with Crippen LogP contribution in [0.15, 0.2) is 72.8 Å². The third-order valence-corrected chi connectivity index (χ3v) is 9.83. The number of benzene rings is 3. The molecule has 3 N–H and O–H groups in total. The maximum absolute atomic E-state index is 12.9. The molecule has 0 fully saturated rings. The summed E-state index contributed by atoms with van der Waals surface area (Å²) in [6.45, 7) is 18.6. The Bertz CT molecular complexity index is 1590. The van der Waals surface area contributed by atoms with Crippen molar-refractivity contribution in [1.29, 1.82) is 0 Å². The summed E-state index contributed by atoms with van der Waals surface area (Å²) in [7, 11) is -3.33. The zero-order valence-corrected chi connectivity index (χ0v) is 37.1. The van der Waals surface area contributed by atoms with Crippen LogP contribution in [0.2, 0.25) is 0 Å². The number of hydrogen-bond donors (Lipinski definition) is 3. The fourth-order valence-corrected chi connectivity index (χ4v) is 6.27. The summed E-state index contributed by atoms with van der Waals surface area (Å²) in [4.78, 5) is 34.5. The summed E-state index contributed by atoms with van der Waals surface area (Å²) in [5.74, 6) is -1.22. The number of nitrogens with one attached hydrogen (secondary N) is 1. The van der Waals surface area contributed by atoms with Crippen molar-refractivity contribution >= 4 is 39.4 Å². The number of carboxylic acid groups (broad SMARTS) is 2. The molecule has 3 aromatic carbocycles. The summed E-state index contributed by atoms with van der Waals surface area (Å²) < 4.78 is 22.7. The van der Waals surface area contributed by atoms with Gasteiger partial charge in [-0.15, -0.1) is 0 Å². The van der Waals surface area contributed by atoms with Crippen molar-refractivity contribution in [1.82, 2.24) is 5.32 Å². The molecule has 3 unspecified atom stereocenters.